The van der Waals surface area contributed by atoms with E-state index in [1.165, 1.54) is 12.1 Å². The summed E-state index contributed by atoms with van der Waals surface area (Å²) >= 11 is 0. The van der Waals surface area contributed by atoms with Crippen LogP contribution in [0.3, 0.4) is 0 Å². The fourth-order valence-corrected chi connectivity index (χ4v) is 4.52. The third kappa shape index (κ3) is 4.52. The van der Waals surface area contributed by atoms with Gasteiger partial charge in [0.15, 0.2) is 11.6 Å². The summed E-state index contributed by atoms with van der Waals surface area (Å²) in [6.07, 6.45) is 5.89. The molecule has 2 aliphatic heterocycles. The Bertz CT molecular complexity index is 880. The van der Waals surface area contributed by atoms with Gasteiger partial charge in [0.1, 0.15) is 0 Å². The summed E-state index contributed by atoms with van der Waals surface area (Å²) < 4.78 is 39.6. The van der Waals surface area contributed by atoms with Crippen LogP contribution >= 0.6 is 0 Å². The molecule has 4 rings (SSSR count). The number of rotatable bonds is 6. The number of fused-ring (bicyclic) bond motifs is 1. The fourth-order valence-electron chi connectivity index (χ4n) is 4.52. The molecule has 7 heteroatoms. The Morgan fingerprint density at radius 3 is 2.93 bits per heavy atom. The summed E-state index contributed by atoms with van der Waals surface area (Å²) in [5.74, 6) is -2.07. The highest BCUT2D eigenvalue weighted by molar-refractivity contribution is 5.79. The van der Waals surface area contributed by atoms with E-state index < -0.39 is 11.6 Å². The number of amides is 1. The molecular weight excluding hydrogens is 390 g/mol. The first-order valence-corrected chi connectivity index (χ1v) is 10.4. The van der Waals surface area contributed by atoms with E-state index in [2.05, 4.69) is 4.98 Å². The molecule has 2 aliphatic rings. The van der Waals surface area contributed by atoms with Gasteiger partial charge in [0, 0.05) is 43.1 Å². The minimum atomic E-state index is -0.947. The summed E-state index contributed by atoms with van der Waals surface area (Å²) in [5.41, 5.74) is 0.852. The molecule has 0 bridgehead atoms. The van der Waals surface area contributed by atoms with E-state index in [0.29, 0.717) is 26.3 Å². The maximum absolute atomic E-state index is 14.0. The molecular formula is C23H26F2N2O3. The number of carbonyl (C=O) groups is 1. The number of benzene rings is 1. The van der Waals surface area contributed by atoms with Gasteiger partial charge in [-0.2, -0.15) is 0 Å². The molecule has 1 amide bonds. The predicted molar refractivity (Wildman–Crippen MR) is 107 cm³/mol. The Morgan fingerprint density at radius 1 is 1.27 bits per heavy atom. The number of likely N-dealkylation sites (tertiary alicyclic amines) is 1. The number of ether oxygens (including phenoxy) is 2. The lowest BCUT2D eigenvalue weighted by atomic mass is 9.73. The Labute approximate surface area is 175 Å². The lowest BCUT2D eigenvalue weighted by molar-refractivity contribution is -0.165. The molecule has 2 atom stereocenters. The SMILES string of the molecule is O=C(Cc1cccc(F)c1F)N1CC[C@@H]2OCCC[C@@]2(COCc2ccncc2)C1. The van der Waals surface area contributed by atoms with Crippen molar-refractivity contribution in [1.29, 1.82) is 0 Å². The molecule has 30 heavy (non-hydrogen) atoms. The Balaban J connectivity index is 1.43. The van der Waals surface area contributed by atoms with Crippen LogP contribution in [0.2, 0.25) is 0 Å². The van der Waals surface area contributed by atoms with Crippen molar-refractivity contribution >= 4 is 5.91 Å². The van der Waals surface area contributed by atoms with Crippen LogP contribution in [-0.4, -0.2) is 48.2 Å². The van der Waals surface area contributed by atoms with Gasteiger partial charge in [0.2, 0.25) is 5.91 Å². The van der Waals surface area contributed by atoms with Crippen LogP contribution in [0.1, 0.15) is 30.4 Å². The van der Waals surface area contributed by atoms with E-state index in [1.807, 2.05) is 12.1 Å². The second-order valence-corrected chi connectivity index (χ2v) is 8.17. The summed E-state index contributed by atoms with van der Waals surface area (Å²) in [6, 6.07) is 7.77. The molecule has 1 aromatic heterocycles. The van der Waals surface area contributed by atoms with E-state index in [0.717, 1.165) is 37.5 Å². The van der Waals surface area contributed by atoms with Gasteiger partial charge in [-0.15, -0.1) is 0 Å². The van der Waals surface area contributed by atoms with E-state index >= 15 is 0 Å². The average Bonchev–Trinajstić information content (AvgIpc) is 2.77. The molecule has 2 aromatic rings. The standard InChI is InChI=1S/C23H26F2N2O3/c24-19-4-1-3-18(22(19)25)13-21(28)27-11-7-20-23(15-27,8-2-12-30-20)16-29-14-17-5-9-26-10-6-17/h1,3-6,9-10,20H,2,7-8,11-16H2/t20-,23-/m0/s1. The van der Waals surface area contributed by atoms with Gasteiger partial charge in [0.05, 0.1) is 25.7 Å². The Morgan fingerprint density at radius 2 is 2.10 bits per heavy atom. The lowest BCUT2D eigenvalue weighted by Gasteiger charge is -2.50. The molecule has 3 heterocycles. The van der Waals surface area contributed by atoms with Crippen molar-refractivity contribution in [2.75, 3.05) is 26.3 Å². The van der Waals surface area contributed by atoms with Crippen LogP contribution in [0.25, 0.3) is 0 Å². The maximum atomic E-state index is 14.0. The normalized spacial score (nSPS) is 23.8. The number of carbonyl (C=O) groups excluding carboxylic acids is 1. The van der Waals surface area contributed by atoms with Crippen LogP contribution in [-0.2, 0) is 27.3 Å². The van der Waals surface area contributed by atoms with E-state index in [1.54, 1.807) is 17.3 Å². The average molecular weight is 416 g/mol. The van der Waals surface area contributed by atoms with E-state index in [-0.39, 0.29) is 29.4 Å². The molecule has 0 spiro atoms. The quantitative estimate of drug-likeness (QED) is 0.723. The van der Waals surface area contributed by atoms with Gasteiger partial charge < -0.3 is 14.4 Å². The molecule has 0 saturated carbocycles. The third-order valence-corrected chi connectivity index (χ3v) is 6.12. The van der Waals surface area contributed by atoms with Gasteiger partial charge >= 0.3 is 0 Å². The number of halogens is 2. The maximum Gasteiger partial charge on any atom is 0.227 e. The van der Waals surface area contributed by atoms with Crippen LogP contribution < -0.4 is 0 Å². The lowest BCUT2D eigenvalue weighted by Crippen LogP contribution is -2.58. The van der Waals surface area contributed by atoms with Crippen molar-refractivity contribution in [2.24, 2.45) is 5.41 Å². The topological polar surface area (TPSA) is 51.7 Å². The molecule has 160 valence electrons. The van der Waals surface area contributed by atoms with Crippen molar-refractivity contribution in [3.05, 3.63) is 65.5 Å². The molecule has 2 fully saturated rings. The molecule has 1 aromatic carbocycles. The number of aromatic nitrogens is 1. The number of pyridine rings is 1. The van der Waals surface area contributed by atoms with Crippen molar-refractivity contribution < 1.29 is 23.0 Å². The summed E-state index contributed by atoms with van der Waals surface area (Å²) in [5, 5.41) is 0. The van der Waals surface area contributed by atoms with Gasteiger partial charge in [-0.25, -0.2) is 8.78 Å². The van der Waals surface area contributed by atoms with Crippen molar-refractivity contribution in [3.63, 3.8) is 0 Å². The summed E-state index contributed by atoms with van der Waals surface area (Å²) in [7, 11) is 0. The smallest absolute Gasteiger partial charge is 0.227 e. The largest absolute Gasteiger partial charge is 0.377 e. The highest BCUT2D eigenvalue weighted by Crippen LogP contribution is 2.40. The molecule has 2 saturated heterocycles. The number of piperidine rings is 1. The van der Waals surface area contributed by atoms with Crippen molar-refractivity contribution in [3.8, 4) is 0 Å². The van der Waals surface area contributed by atoms with Crippen LogP contribution in [0, 0.1) is 17.0 Å². The second-order valence-electron chi connectivity index (χ2n) is 8.17. The monoisotopic (exact) mass is 416 g/mol. The first-order chi connectivity index (χ1) is 14.6. The van der Waals surface area contributed by atoms with Crippen LogP contribution in [0.5, 0.6) is 0 Å². The number of hydrogen-bond donors (Lipinski definition) is 0. The van der Waals surface area contributed by atoms with Crippen molar-refractivity contribution in [2.45, 2.75) is 38.4 Å². The summed E-state index contributed by atoms with van der Waals surface area (Å²) in [6.45, 7) is 2.73. The van der Waals surface area contributed by atoms with Crippen LogP contribution in [0.4, 0.5) is 8.78 Å². The first-order valence-electron chi connectivity index (χ1n) is 10.4. The van der Waals surface area contributed by atoms with E-state index in [4.69, 9.17) is 9.47 Å². The van der Waals surface area contributed by atoms with Gasteiger partial charge in [0.25, 0.3) is 0 Å². The third-order valence-electron chi connectivity index (χ3n) is 6.12. The van der Waals surface area contributed by atoms with Gasteiger partial charge in [-0.1, -0.05) is 12.1 Å². The highest BCUT2D eigenvalue weighted by Gasteiger charge is 2.47. The predicted octanol–water partition coefficient (Wildman–Crippen LogP) is 3.52. The van der Waals surface area contributed by atoms with Crippen LogP contribution in [0.15, 0.2) is 42.7 Å². The number of hydrogen-bond acceptors (Lipinski definition) is 4. The zero-order valence-electron chi connectivity index (χ0n) is 16.9. The minimum Gasteiger partial charge on any atom is -0.377 e. The highest BCUT2D eigenvalue weighted by atomic mass is 19.2. The zero-order chi connectivity index (χ0) is 21.0. The molecule has 0 unspecified atom stereocenters. The molecule has 0 aliphatic carbocycles. The first kappa shape index (κ1) is 20.9. The zero-order valence-corrected chi connectivity index (χ0v) is 16.9. The minimum absolute atomic E-state index is 0.0404. The summed E-state index contributed by atoms with van der Waals surface area (Å²) in [4.78, 5) is 18.7. The number of nitrogens with zero attached hydrogens (tertiary/aromatic N) is 2. The Hall–Kier alpha value is -2.38. The Kier molecular flexibility index (Phi) is 6.39. The van der Waals surface area contributed by atoms with E-state index in [9.17, 15) is 13.6 Å². The second kappa shape index (κ2) is 9.18. The molecule has 5 nitrogen and oxygen atoms in total. The molecule has 0 radical (unpaired) electrons. The van der Waals surface area contributed by atoms with Gasteiger partial charge in [-0.3, -0.25) is 9.78 Å². The molecule has 0 N–H and O–H groups in total. The van der Waals surface area contributed by atoms with Gasteiger partial charge in [-0.05, 0) is 43.0 Å². The van der Waals surface area contributed by atoms with Crippen molar-refractivity contribution in [1.82, 2.24) is 9.88 Å². The fraction of sp³-hybridized carbons (Fsp3) is 0.478.